The fourth-order valence-electron chi connectivity index (χ4n) is 0.935. The van der Waals surface area contributed by atoms with Gasteiger partial charge in [0.1, 0.15) is 6.29 Å². The predicted octanol–water partition coefficient (Wildman–Crippen LogP) is 2.43. The maximum atomic E-state index is 10.4. The molecule has 54 valence electrons. The van der Waals surface area contributed by atoms with E-state index in [-0.39, 0.29) is 5.92 Å². The lowest BCUT2D eigenvalue weighted by atomic mass is 10.1. The van der Waals surface area contributed by atoms with Gasteiger partial charge in [-0.25, -0.2) is 0 Å². The van der Waals surface area contributed by atoms with E-state index in [0.29, 0.717) is 0 Å². The van der Waals surface area contributed by atoms with Gasteiger partial charge in [-0.15, -0.1) is 0 Å². The van der Waals surface area contributed by atoms with Crippen LogP contribution in [0.1, 0.15) is 12.8 Å². The number of hydrogen-bond donors (Lipinski definition) is 0. The Morgan fingerprint density at radius 1 is 1.70 bits per heavy atom. The van der Waals surface area contributed by atoms with Crippen LogP contribution >= 0.6 is 15.9 Å². The zero-order valence-electron chi connectivity index (χ0n) is 5.59. The minimum absolute atomic E-state index is 0.101. The second kappa shape index (κ2) is 3.71. The van der Waals surface area contributed by atoms with Gasteiger partial charge >= 0.3 is 0 Å². The molecule has 0 amide bonds. The van der Waals surface area contributed by atoms with Crippen molar-refractivity contribution in [2.24, 2.45) is 5.92 Å². The number of carbonyl (C=O) groups excluding carboxylic acids is 1. The molecule has 0 saturated carbocycles. The third-order valence-corrected chi connectivity index (χ3v) is 2.02. The van der Waals surface area contributed by atoms with Crippen LogP contribution in [0.15, 0.2) is 22.7 Å². The summed E-state index contributed by atoms with van der Waals surface area (Å²) < 4.78 is 1.02. The molecule has 0 aromatic rings. The van der Waals surface area contributed by atoms with Gasteiger partial charge in [-0.05, 0) is 12.8 Å². The summed E-state index contributed by atoms with van der Waals surface area (Å²) in [6.45, 7) is 0. The molecule has 1 aliphatic carbocycles. The van der Waals surface area contributed by atoms with Crippen molar-refractivity contribution in [2.75, 3.05) is 0 Å². The summed E-state index contributed by atoms with van der Waals surface area (Å²) in [5.41, 5.74) is 0. The van der Waals surface area contributed by atoms with Crippen molar-refractivity contribution in [1.29, 1.82) is 0 Å². The number of carbonyl (C=O) groups is 1. The van der Waals surface area contributed by atoms with Crippen molar-refractivity contribution in [3.63, 3.8) is 0 Å². The smallest absolute Gasteiger partial charge is 0.126 e. The van der Waals surface area contributed by atoms with E-state index in [2.05, 4.69) is 22.0 Å². The Bertz CT molecular complexity index is 182. The molecule has 1 nitrogen and oxygen atoms in total. The van der Waals surface area contributed by atoms with Gasteiger partial charge < -0.3 is 4.79 Å². The molecule has 0 aliphatic heterocycles. The molecule has 0 bridgehead atoms. The van der Waals surface area contributed by atoms with Crippen LogP contribution in [-0.4, -0.2) is 6.29 Å². The van der Waals surface area contributed by atoms with Gasteiger partial charge in [-0.2, -0.15) is 0 Å². The van der Waals surface area contributed by atoms with Gasteiger partial charge in [-0.1, -0.05) is 34.2 Å². The van der Waals surface area contributed by atoms with Crippen LogP contribution in [0, 0.1) is 5.92 Å². The molecule has 0 aromatic heterocycles. The van der Waals surface area contributed by atoms with Crippen molar-refractivity contribution in [2.45, 2.75) is 12.8 Å². The Kier molecular flexibility index (Phi) is 2.87. The van der Waals surface area contributed by atoms with Gasteiger partial charge in [0, 0.05) is 10.4 Å². The van der Waals surface area contributed by atoms with Gasteiger partial charge in [-0.3, -0.25) is 0 Å². The second-order valence-electron chi connectivity index (χ2n) is 2.33. The average molecular weight is 201 g/mol. The summed E-state index contributed by atoms with van der Waals surface area (Å²) in [5, 5.41) is 0. The minimum Gasteiger partial charge on any atom is -0.303 e. The Morgan fingerprint density at radius 3 is 3.20 bits per heavy atom. The molecule has 10 heavy (non-hydrogen) atoms. The molecule has 0 fully saturated rings. The number of halogens is 1. The summed E-state index contributed by atoms with van der Waals surface area (Å²) in [5.74, 6) is 0.101. The molecule has 1 unspecified atom stereocenters. The van der Waals surface area contributed by atoms with Crippen LogP contribution in [0.2, 0.25) is 0 Å². The fraction of sp³-hybridized carbons (Fsp3) is 0.375. The van der Waals surface area contributed by atoms with E-state index in [0.717, 1.165) is 23.6 Å². The molecule has 1 atom stereocenters. The third-order valence-electron chi connectivity index (χ3n) is 1.49. The Balaban J connectivity index is 2.67. The van der Waals surface area contributed by atoms with Crippen molar-refractivity contribution >= 4 is 22.2 Å². The molecule has 1 aliphatic rings. The molecule has 2 heteroatoms. The number of aldehydes is 1. The first-order chi connectivity index (χ1) is 4.83. The lowest BCUT2D eigenvalue weighted by Crippen LogP contribution is -1.95. The van der Waals surface area contributed by atoms with Gasteiger partial charge in [0.15, 0.2) is 0 Å². The highest BCUT2D eigenvalue weighted by molar-refractivity contribution is 9.11. The molecule has 0 N–H and O–H groups in total. The number of hydrogen-bond acceptors (Lipinski definition) is 1. The Hall–Kier alpha value is -0.370. The molecule has 1 rings (SSSR count). The average Bonchev–Trinajstić information content (AvgIpc) is 2.13. The van der Waals surface area contributed by atoms with E-state index < -0.39 is 0 Å². The first-order valence-electron chi connectivity index (χ1n) is 3.32. The number of rotatable bonds is 1. The quantitative estimate of drug-likeness (QED) is 0.595. The van der Waals surface area contributed by atoms with Crippen molar-refractivity contribution in [3.05, 3.63) is 22.7 Å². The first-order valence-corrected chi connectivity index (χ1v) is 4.11. The number of allylic oxidation sites excluding steroid dienone is 4. The van der Waals surface area contributed by atoms with E-state index in [1.165, 1.54) is 0 Å². The lowest BCUT2D eigenvalue weighted by Gasteiger charge is -1.98. The zero-order valence-corrected chi connectivity index (χ0v) is 7.17. The largest absolute Gasteiger partial charge is 0.303 e. The van der Waals surface area contributed by atoms with Gasteiger partial charge in [0.25, 0.3) is 0 Å². The SMILES string of the molecule is O=CC1C=C(Br)C=CCC1. The standard InChI is InChI=1S/C8H9BrO/c9-8-4-2-1-3-7(5-8)6-10/h2,4-7H,1,3H2. The molecule has 0 aromatic carbocycles. The zero-order chi connectivity index (χ0) is 7.40. The maximum Gasteiger partial charge on any atom is 0.126 e. The molecule has 0 radical (unpaired) electrons. The molecular weight excluding hydrogens is 192 g/mol. The van der Waals surface area contributed by atoms with E-state index in [1.54, 1.807) is 0 Å². The highest BCUT2D eigenvalue weighted by atomic mass is 79.9. The van der Waals surface area contributed by atoms with Crippen LogP contribution in [0.4, 0.5) is 0 Å². The monoisotopic (exact) mass is 200 g/mol. The molecule has 0 saturated heterocycles. The van der Waals surface area contributed by atoms with Gasteiger partial charge in [0.2, 0.25) is 0 Å². The predicted molar refractivity (Wildman–Crippen MR) is 44.9 cm³/mol. The second-order valence-corrected chi connectivity index (χ2v) is 3.25. The summed E-state index contributed by atoms with van der Waals surface area (Å²) in [6, 6.07) is 0. The minimum atomic E-state index is 0.101. The van der Waals surface area contributed by atoms with Crippen molar-refractivity contribution in [3.8, 4) is 0 Å². The molecule has 0 spiro atoms. The Morgan fingerprint density at radius 2 is 2.50 bits per heavy atom. The molecular formula is C8H9BrO. The van der Waals surface area contributed by atoms with Crippen molar-refractivity contribution < 1.29 is 4.79 Å². The highest BCUT2D eigenvalue weighted by Crippen LogP contribution is 2.18. The summed E-state index contributed by atoms with van der Waals surface area (Å²) in [4.78, 5) is 10.4. The Labute approximate surface area is 68.9 Å². The maximum absolute atomic E-state index is 10.4. The summed E-state index contributed by atoms with van der Waals surface area (Å²) in [7, 11) is 0. The molecule has 0 heterocycles. The van der Waals surface area contributed by atoms with Crippen LogP contribution in [0.3, 0.4) is 0 Å². The first kappa shape index (κ1) is 7.73. The van der Waals surface area contributed by atoms with Crippen LogP contribution in [0.5, 0.6) is 0 Å². The van der Waals surface area contributed by atoms with E-state index in [9.17, 15) is 4.79 Å². The highest BCUT2D eigenvalue weighted by Gasteiger charge is 2.04. The van der Waals surface area contributed by atoms with E-state index in [1.807, 2.05) is 12.2 Å². The van der Waals surface area contributed by atoms with Crippen LogP contribution in [0.25, 0.3) is 0 Å². The fourth-order valence-corrected chi connectivity index (χ4v) is 1.46. The summed E-state index contributed by atoms with van der Waals surface area (Å²) in [6.07, 6.45) is 8.93. The van der Waals surface area contributed by atoms with Crippen LogP contribution < -0.4 is 0 Å². The van der Waals surface area contributed by atoms with Crippen LogP contribution in [-0.2, 0) is 4.79 Å². The third kappa shape index (κ3) is 2.10. The van der Waals surface area contributed by atoms with Crippen molar-refractivity contribution in [1.82, 2.24) is 0 Å². The topological polar surface area (TPSA) is 17.1 Å². The lowest BCUT2D eigenvalue weighted by molar-refractivity contribution is -0.110. The van der Waals surface area contributed by atoms with E-state index in [4.69, 9.17) is 0 Å². The van der Waals surface area contributed by atoms with E-state index >= 15 is 0 Å². The summed E-state index contributed by atoms with van der Waals surface area (Å²) >= 11 is 3.33. The normalized spacial score (nSPS) is 25.3. The van der Waals surface area contributed by atoms with Gasteiger partial charge in [0.05, 0.1) is 0 Å².